The molecule has 31 heavy (non-hydrogen) atoms. The molecule has 0 spiro atoms. The highest BCUT2D eigenvalue weighted by Crippen LogP contribution is 2.26. The summed E-state index contributed by atoms with van der Waals surface area (Å²) in [5.74, 6) is 0.00373. The molecule has 0 aromatic carbocycles. The summed E-state index contributed by atoms with van der Waals surface area (Å²) in [5, 5.41) is 4.89. The van der Waals surface area contributed by atoms with Gasteiger partial charge in [-0.1, -0.05) is 6.07 Å². The topological polar surface area (TPSA) is 82.9 Å². The van der Waals surface area contributed by atoms with Crippen molar-refractivity contribution in [3.8, 4) is 0 Å². The van der Waals surface area contributed by atoms with E-state index in [1.165, 1.54) is 17.6 Å². The van der Waals surface area contributed by atoms with Crippen LogP contribution in [0.25, 0.3) is 0 Å². The second kappa shape index (κ2) is 9.68. The van der Waals surface area contributed by atoms with E-state index in [1.54, 1.807) is 23.1 Å². The Hall–Kier alpha value is -2.61. The SMILES string of the molecule is CC1CCCCN1C(=O)C(NC(=O)c1cccs1)C1CCN(C(=O)c2ccco2)CC1. The third-order valence-corrected chi connectivity index (χ3v) is 7.28. The van der Waals surface area contributed by atoms with Gasteiger partial charge in [0.1, 0.15) is 6.04 Å². The van der Waals surface area contributed by atoms with E-state index in [0.717, 1.165) is 25.8 Å². The molecule has 7 nitrogen and oxygen atoms in total. The van der Waals surface area contributed by atoms with Gasteiger partial charge in [0.2, 0.25) is 5.91 Å². The Balaban J connectivity index is 1.47. The first-order chi connectivity index (χ1) is 15.0. The number of amides is 3. The van der Waals surface area contributed by atoms with E-state index in [9.17, 15) is 14.4 Å². The van der Waals surface area contributed by atoms with E-state index in [1.807, 2.05) is 16.3 Å². The molecular weight excluding hydrogens is 414 g/mol. The van der Waals surface area contributed by atoms with Crippen molar-refractivity contribution in [3.05, 3.63) is 46.5 Å². The minimum absolute atomic E-state index is 0.00733. The van der Waals surface area contributed by atoms with Crippen LogP contribution in [0.1, 0.15) is 59.3 Å². The van der Waals surface area contributed by atoms with Crippen LogP contribution in [0.4, 0.5) is 0 Å². The number of nitrogens with one attached hydrogen (secondary N) is 1. The molecule has 0 aliphatic carbocycles. The first kappa shape index (κ1) is 21.6. The lowest BCUT2D eigenvalue weighted by Crippen LogP contribution is -2.57. The summed E-state index contributed by atoms with van der Waals surface area (Å²) >= 11 is 1.37. The highest BCUT2D eigenvalue weighted by molar-refractivity contribution is 7.12. The molecular formula is C23H29N3O4S. The molecule has 2 atom stereocenters. The first-order valence-corrected chi connectivity index (χ1v) is 11.9. The molecule has 2 aromatic heterocycles. The second-order valence-electron chi connectivity index (χ2n) is 8.41. The van der Waals surface area contributed by atoms with Gasteiger partial charge in [0.05, 0.1) is 11.1 Å². The largest absolute Gasteiger partial charge is 0.459 e. The van der Waals surface area contributed by atoms with Crippen LogP contribution in [0.2, 0.25) is 0 Å². The molecule has 2 unspecified atom stereocenters. The molecule has 3 amide bonds. The van der Waals surface area contributed by atoms with Crippen molar-refractivity contribution in [2.24, 2.45) is 5.92 Å². The summed E-state index contributed by atoms with van der Waals surface area (Å²) in [7, 11) is 0. The molecule has 2 aromatic rings. The van der Waals surface area contributed by atoms with Gasteiger partial charge in [-0.25, -0.2) is 0 Å². The van der Waals surface area contributed by atoms with E-state index in [0.29, 0.717) is 36.6 Å². The maximum atomic E-state index is 13.5. The molecule has 0 bridgehead atoms. The third-order valence-electron chi connectivity index (χ3n) is 6.41. The summed E-state index contributed by atoms with van der Waals surface area (Å²) in [6.07, 6.45) is 5.94. The van der Waals surface area contributed by atoms with Gasteiger partial charge in [0.15, 0.2) is 5.76 Å². The number of hydrogen-bond donors (Lipinski definition) is 1. The summed E-state index contributed by atoms with van der Waals surface area (Å²) in [6, 6.07) is 6.59. The van der Waals surface area contributed by atoms with Gasteiger partial charge >= 0.3 is 0 Å². The normalized spacial score (nSPS) is 21.0. The molecule has 2 aliphatic heterocycles. The maximum absolute atomic E-state index is 13.5. The zero-order valence-corrected chi connectivity index (χ0v) is 18.6. The highest BCUT2D eigenvalue weighted by Gasteiger charge is 2.38. The number of likely N-dealkylation sites (tertiary alicyclic amines) is 2. The van der Waals surface area contributed by atoms with Gasteiger partial charge in [-0.3, -0.25) is 14.4 Å². The molecule has 2 fully saturated rings. The van der Waals surface area contributed by atoms with Crippen molar-refractivity contribution in [3.63, 3.8) is 0 Å². The van der Waals surface area contributed by atoms with Crippen LogP contribution in [0.5, 0.6) is 0 Å². The van der Waals surface area contributed by atoms with E-state index in [-0.39, 0.29) is 29.7 Å². The Morgan fingerprint density at radius 1 is 1.10 bits per heavy atom. The number of thiophene rings is 1. The van der Waals surface area contributed by atoms with Gasteiger partial charge in [-0.15, -0.1) is 11.3 Å². The van der Waals surface area contributed by atoms with Crippen LogP contribution >= 0.6 is 11.3 Å². The average molecular weight is 444 g/mol. The number of furan rings is 1. The van der Waals surface area contributed by atoms with Crippen LogP contribution in [0.15, 0.2) is 40.3 Å². The van der Waals surface area contributed by atoms with Crippen molar-refractivity contribution < 1.29 is 18.8 Å². The average Bonchev–Trinajstić information content (AvgIpc) is 3.51. The molecule has 2 aliphatic rings. The van der Waals surface area contributed by atoms with Gasteiger partial charge < -0.3 is 19.5 Å². The van der Waals surface area contributed by atoms with Gasteiger partial charge in [0.25, 0.3) is 11.8 Å². The van der Waals surface area contributed by atoms with E-state index in [2.05, 4.69) is 12.2 Å². The zero-order valence-electron chi connectivity index (χ0n) is 17.8. The predicted octanol–water partition coefficient (Wildman–Crippen LogP) is 3.39. The number of hydrogen-bond acceptors (Lipinski definition) is 5. The summed E-state index contributed by atoms with van der Waals surface area (Å²) in [4.78, 5) is 43.2. The predicted molar refractivity (Wildman–Crippen MR) is 118 cm³/mol. The van der Waals surface area contributed by atoms with Crippen LogP contribution < -0.4 is 5.32 Å². The number of piperidine rings is 2. The second-order valence-corrected chi connectivity index (χ2v) is 9.36. The van der Waals surface area contributed by atoms with Crippen LogP contribution in [-0.4, -0.2) is 59.2 Å². The van der Waals surface area contributed by atoms with Crippen molar-refractivity contribution in [2.45, 2.75) is 51.1 Å². The zero-order chi connectivity index (χ0) is 21.8. The monoisotopic (exact) mass is 443 g/mol. The van der Waals surface area contributed by atoms with E-state index in [4.69, 9.17) is 4.42 Å². The third kappa shape index (κ3) is 4.84. The fraction of sp³-hybridized carbons (Fsp3) is 0.522. The molecule has 8 heteroatoms. The molecule has 1 N–H and O–H groups in total. The van der Waals surface area contributed by atoms with Gasteiger partial charge in [0, 0.05) is 25.7 Å². The van der Waals surface area contributed by atoms with Crippen LogP contribution in [0, 0.1) is 5.92 Å². The lowest BCUT2D eigenvalue weighted by molar-refractivity contribution is -0.138. The quantitative estimate of drug-likeness (QED) is 0.768. The standard InChI is InChI=1S/C23H29N3O4S/c1-16-6-2-3-11-26(16)23(29)20(24-21(27)19-8-5-15-31-19)17-9-12-25(13-10-17)22(28)18-7-4-14-30-18/h4-5,7-8,14-17,20H,2-3,6,9-13H2,1H3,(H,24,27). The minimum atomic E-state index is -0.573. The van der Waals surface area contributed by atoms with E-state index >= 15 is 0 Å². The minimum Gasteiger partial charge on any atom is -0.459 e. The summed E-state index contributed by atoms with van der Waals surface area (Å²) in [5.41, 5.74) is 0. The Labute approximate surface area is 186 Å². The number of rotatable bonds is 5. The number of carbonyl (C=O) groups is 3. The maximum Gasteiger partial charge on any atom is 0.289 e. The number of carbonyl (C=O) groups excluding carboxylic acids is 3. The van der Waals surface area contributed by atoms with Crippen LogP contribution in [-0.2, 0) is 4.79 Å². The molecule has 0 radical (unpaired) electrons. The highest BCUT2D eigenvalue weighted by atomic mass is 32.1. The summed E-state index contributed by atoms with van der Waals surface area (Å²) < 4.78 is 5.24. The summed E-state index contributed by atoms with van der Waals surface area (Å²) in [6.45, 7) is 3.90. The van der Waals surface area contributed by atoms with Crippen molar-refractivity contribution in [1.82, 2.24) is 15.1 Å². The molecule has 0 saturated carbocycles. The molecule has 166 valence electrons. The first-order valence-electron chi connectivity index (χ1n) is 11.0. The van der Waals surface area contributed by atoms with Crippen LogP contribution in [0.3, 0.4) is 0 Å². The molecule has 2 saturated heterocycles. The fourth-order valence-electron chi connectivity index (χ4n) is 4.60. The lowest BCUT2D eigenvalue weighted by Gasteiger charge is -2.40. The molecule has 4 rings (SSSR count). The Kier molecular flexibility index (Phi) is 6.75. The Bertz CT molecular complexity index is 888. The van der Waals surface area contributed by atoms with Crippen molar-refractivity contribution in [1.29, 1.82) is 0 Å². The fourth-order valence-corrected chi connectivity index (χ4v) is 5.22. The van der Waals surface area contributed by atoms with Crippen molar-refractivity contribution in [2.75, 3.05) is 19.6 Å². The Morgan fingerprint density at radius 2 is 1.90 bits per heavy atom. The van der Waals surface area contributed by atoms with Gasteiger partial charge in [-0.2, -0.15) is 0 Å². The Morgan fingerprint density at radius 3 is 2.55 bits per heavy atom. The van der Waals surface area contributed by atoms with Crippen molar-refractivity contribution >= 4 is 29.1 Å². The lowest BCUT2D eigenvalue weighted by atomic mass is 9.87. The molecule has 4 heterocycles. The number of nitrogens with zero attached hydrogens (tertiary/aromatic N) is 2. The van der Waals surface area contributed by atoms with E-state index < -0.39 is 6.04 Å². The van der Waals surface area contributed by atoms with Gasteiger partial charge in [-0.05, 0) is 68.5 Å². The smallest absolute Gasteiger partial charge is 0.289 e.